The van der Waals surface area contributed by atoms with Crippen LogP contribution < -0.4 is 9.64 Å². The van der Waals surface area contributed by atoms with E-state index in [-0.39, 0.29) is 12.2 Å². The van der Waals surface area contributed by atoms with Crippen LogP contribution in [-0.2, 0) is 10.3 Å². The molecule has 2 fully saturated rings. The van der Waals surface area contributed by atoms with Crippen molar-refractivity contribution in [3.05, 3.63) is 59.1 Å². The quantitative estimate of drug-likeness (QED) is 0.806. The average Bonchev–Trinajstić information content (AvgIpc) is 3.10. The first-order chi connectivity index (χ1) is 14.0. The van der Waals surface area contributed by atoms with Crippen LogP contribution in [0.5, 0.6) is 5.75 Å². The number of rotatable bonds is 5. The van der Waals surface area contributed by atoms with Gasteiger partial charge in [0.1, 0.15) is 11.9 Å². The van der Waals surface area contributed by atoms with Gasteiger partial charge in [-0.05, 0) is 54.8 Å². The molecule has 2 heterocycles. The third-order valence-corrected chi connectivity index (χ3v) is 6.04. The number of carbonyl (C=O) groups excluding carboxylic acids is 1. The molecule has 1 atom stereocenters. The minimum absolute atomic E-state index is 0.189. The molecule has 6 nitrogen and oxygen atoms in total. The molecule has 1 unspecified atom stereocenters. The van der Waals surface area contributed by atoms with Gasteiger partial charge in [0.2, 0.25) is 0 Å². The molecule has 0 spiro atoms. The maximum atomic E-state index is 12.3. The molecule has 0 bridgehead atoms. The molecular formula is C22H25ClN2O4. The molecule has 0 radical (unpaired) electrons. The predicted octanol–water partition coefficient (Wildman–Crippen LogP) is 3.66. The molecule has 0 saturated carbocycles. The van der Waals surface area contributed by atoms with Crippen molar-refractivity contribution < 1.29 is 19.4 Å². The Morgan fingerprint density at radius 2 is 1.79 bits per heavy atom. The topological polar surface area (TPSA) is 62.2 Å². The second-order valence-corrected chi connectivity index (χ2v) is 8.09. The molecule has 154 valence electrons. The second kappa shape index (κ2) is 8.22. The number of benzene rings is 2. The summed E-state index contributed by atoms with van der Waals surface area (Å²) in [6.45, 7) is 2.67. The lowest BCUT2D eigenvalue weighted by atomic mass is 9.84. The maximum Gasteiger partial charge on any atom is 0.414 e. The Morgan fingerprint density at radius 1 is 1.14 bits per heavy atom. The Bertz CT molecular complexity index is 848. The number of carbonyl (C=O) groups is 1. The number of hydrogen-bond donors (Lipinski definition) is 1. The Morgan fingerprint density at radius 3 is 2.41 bits per heavy atom. The Balaban J connectivity index is 1.32. The second-order valence-electron chi connectivity index (χ2n) is 7.65. The van der Waals surface area contributed by atoms with Crippen LogP contribution >= 0.6 is 11.6 Å². The van der Waals surface area contributed by atoms with Gasteiger partial charge in [0.15, 0.2) is 0 Å². The molecule has 7 heteroatoms. The first-order valence-corrected chi connectivity index (χ1v) is 10.2. The van der Waals surface area contributed by atoms with Crippen molar-refractivity contribution >= 4 is 23.4 Å². The summed E-state index contributed by atoms with van der Waals surface area (Å²) in [5, 5.41) is 11.7. The summed E-state index contributed by atoms with van der Waals surface area (Å²) in [6, 6.07) is 14.8. The molecule has 0 aromatic heterocycles. The van der Waals surface area contributed by atoms with Gasteiger partial charge in [-0.15, -0.1) is 0 Å². The number of nitrogens with zero attached hydrogens (tertiary/aromatic N) is 2. The largest absolute Gasteiger partial charge is 0.497 e. The summed E-state index contributed by atoms with van der Waals surface area (Å²) in [5.41, 5.74) is 0.872. The fourth-order valence-electron chi connectivity index (χ4n) is 4.03. The lowest BCUT2D eigenvalue weighted by Crippen LogP contribution is -2.45. The fourth-order valence-corrected chi connectivity index (χ4v) is 4.16. The van der Waals surface area contributed by atoms with Crippen LogP contribution in [-0.4, -0.2) is 55.5 Å². The van der Waals surface area contributed by atoms with Crippen molar-refractivity contribution in [2.24, 2.45) is 0 Å². The highest BCUT2D eigenvalue weighted by Crippen LogP contribution is 2.34. The number of amides is 1. The van der Waals surface area contributed by atoms with Crippen LogP contribution in [0.2, 0.25) is 5.02 Å². The summed E-state index contributed by atoms with van der Waals surface area (Å²) in [7, 11) is 1.61. The Hall–Kier alpha value is -2.28. The van der Waals surface area contributed by atoms with Crippen molar-refractivity contribution in [2.45, 2.75) is 24.5 Å². The fraction of sp³-hybridized carbons (Fsp3) is 0.409. The number of anilines is 1. The van der Waals surface area contributed by atoms with E-state index in [0.717, 1.165) is 30.1 Å². The van der Waals surface area contributed by atoms with Crippen LogP contribution in [0, 0.1) is 0 Å². The van der Waals surface area contributed by atoms with E-state index in [0.29, 0.717) is 31.0 Å². The van der Waals surface area contributed by atoms with E-state index in [9.17, 15) is 9.90 Å². The molecular weight excluding hydrogens is 392 g/mol. The number of likely N-dealkylation sites (tertiary alicyclic amines) is 1. The summed E-state index contributed by atoms with van der Waals surface area (Å²) in [6.07, 6.45) is 0.760. The zero-order valence-corrected chi connectivity index (χ0v) is 17.1. The highest BCUT2D eigenvalue weighted by Gasteiger charge is 2.37. The predicted molar refractivity (Wildman–Crippen MR) is 112 cm³/mol. The number of cyclic esters (lactones) is 1. The van der Waals surface area contributed by atoms with Crippen LogP contribution in [0.3, 0.4) is 0 Å². The van der Waals surface area contributed by atoms with Crippen LogP contribution in [0.15, 0.2) is 48.5 Å². The molecule has 29 heavy (non-hydrogen) atoms. The number of halogens is 1. The van der Waals surface area contributed by atoms with E-state index >= 15 is 0 Å². The highest BCUT2D eigenvalue weighted by molar-refractivity contribution is 6.30. The molecule has 2 aromatic rings. The van der Waals surface area contributed by atoms with Crippen molar-refractivity contribution in [2.75, 3.05) is 38.2 Å². The molecule has 2 aromatic carbocycles. The number of aliphatic hydroxyl groups is 1. The molecule has 4 rings (SSSR count). The summed E-state index contributed by atoms with van der Waals surface area (Å²) in [4.78, 5) is 16.2. The molecule has 0 aliphatic carbocycles. The molecule has 2 aliphatic heterocycles. The van der Waals surface area contributed by atoms with Gasteiger partial charge in [0.05, 0.1) is 19.3 Å². The molecule has 1 N–H and O–H groups in total. The Kier molecular flexibility index (Phi) is 5.67. The molecule has 2 aliphatic rings. The van der Waals surface area contributed by atoms with Crippen LogP contribution in [0.25, 0.3) is 0 Å². The third kappa shape index (κ3) is 4.34. The van der Waals surface area contributed by atoms with E-state index in [1.54, 1.807) is 12.0 Å². The van der Waals surface area contributed by atoms with E-state index in [2.05, 4.69) is 4.90 Å². The SMILES string of the molecule is COc1ccc(N2CC(CN3CCC(O)(c4ccc(Cl)cc4)CC3)OC2=O)cc1. The molecule has 1 amide bonds. The van der Waals surface area contributed by atoms with E-state index in [1.807, 2.05) is 48.5 Å². The van der Waals surface area contributed by atoms with E-state index < -0.39 is 5.60 Å². The van der Waals surface area contributed by atoms with Crippen LogP contribution in [0.1, 0.15) is 18.4 Å². The van der Waals surface area contributed by atoms with Crippen molar-refractivity contribution in [3.63, 3.8) is 0 Å². The van der Waals surface area contributed by atoms with E-state index in [4.69, 9.17) is 21.1 Å². The number of methoxy groups -OCH3 is 1. The first-order valence-electron chi connectivity index (χ1n) is 9.80. The zero-order valence-electron chi connectivity index (χ0n) is 16.4. The number of hydrogen-bond acceptors (Lipinski definition) is 5. The van der Waals surface area contributed by atoms with E-state index in [1.165, 1.54) is 0 Å². The van der Waals surface area contributed by atoms with Gasteiger partial charge < -0.3 is 14.6 Å². The van der Waals surface area contributed by atoms with Gasteiger partial charge in [-0.2, -0.15) is 0 Å². The van der Waals surface area contributed by atoms with Gasteiger partial charge in [-0.3, -0.25) is 9.80 Å². The first kappa shape index (κ1) is 20.0. The zero-order chi connectivity index (χ0) is 20.4. The third-order valence-electron chi connectivity index (χ3n) is 5.78. The lowest BCUT2D eigenvalue weighted by Gasteiger charge is -2.39. The number of ether oxygens (including phenoxy) is 2. The van der Waals surface area contributed by atoms with Gasteiger partial charge in [0.25, 0.3) is 0 Å². The van der Waals surface area contributed by atoms with Gasteiger partial charge in [-0.25, -0.2) is 4.79 Å². The van der Waals surface area contributed by atoms with Crippen molar-refractivity contribution in [1.82, 2.24) is 4.90 Å². The van der Waals surface area contributed by atoms with Crippen LogP contribution in [0.4, 0.5) is 10.5 Å². The number of piperidine rings is 1. The maximum absolute atomic E-state index is 12.3. The highest BCUT2D eigenvalue weighted by atomic mass is 35.5. The van der Waals surface area contributed by atoms with Gasteiger partial charge >= 0.3 is 6.09 Å². The summed E-state index contributed by atoms with van der Waals surface area (Å²) < 4.78 is 10.7. The minimum atomic E-state index is -0.831. The normalized spacial score (nSPS) is 21.8. The average molecular weight is 417 g/mol. The summed E-state index contributed by atoms with van der Waals surface area (Å²) in [5.74, 6) is 0.749. The van der Waals surface area contributed by atoms with Crippen molar-refractivity contribution in [1.29, 1.82) is 0 Å². The smallest absolute Gasteiger partial charge is 0.414 e. The molecule has 2 saturated heterocycles. The monoisotopic (exact) mass is 416 g/mol. The van der Waals surface area contributed by atoms with Gasteiger partial charge in [0, 0.05) is 30.3 Å². The lowest BCUT2D eigenvalue weighted by molar-refractivity contribution is -0.0324. The minimum Gasteiger partial charge on any atom is -0.497 e. The van der Waals surface area contributed by atoms with Crippen molar-refractivity contribution in [3.8, 4) is 5.75 Å². The Labute approximate surface area is 175 Å². The van der Waals surface area contributed by atoms with Gasteiger partial charge in [-0.1, -0.05) is 23.7 Å². The standard InChI is InChI=1S/C22H25ClN2O4/c1-28-19-8-6-18(7-9-19)25-15-20(29-21(25)26)14-24-12-10-22(27,11-13-24)16-2-4-17(23)5-3-16/h2-9,20,27H,10-15H2,1H3. The summed E-state index contributed by atoms with van der Waals surface area (Å²) >= 11 is 5.96.